The van der Waals surface area contributed by atoms with Crippen LogP contribution in [0.5, 0.6) is 17.2 Å². The molecule has 7 rings (SSSR count). The molecule has 0 radical (unpaired) electrons. The molecular formula is C30H32O15. The number of rotatable bonds is 8. The molecule has 2 heterocycles. The molecule has 45 heavy (non-hydrogen) atoms. The Hall–Kier alpha value is -3.99. The monoisotopic (exact) mass is 632 g/mol. The Morgan fingerprint density at radius 3 is 2.24 bits per heavy atom. The molecule has 7 N–H and O–H groups in total. The van der Waals surface area contributed by atoms with Crippen LogP contribution >= 0.6 is 0 Å². The molecule has 0 amide bonds. The first kappa shape index (κ1) is 31.0. The number of phenolic OH excluding ortho intramolecular Hbond substituents is 3. The minimum absolute atomic E-state index is 0.0445. The van der Waals surface area contributed by atoms with Gasteiger partial charge in [0.15, 0.2) is 23.5 Å². The topological polar surface area (TPSA) is 239 Å². The molecule has 3 saturated carbocycles. The van der Waals surface area contributed by atoms with Crippen molar-refractivity contribution in [1.82, 2.24) is 0 Å². The van der Waals surface area contributed by atoms with Gasteiger partial charge in [0, 0.05) is 12.3 Å². The summed E-state index contributed by atoms with van der Waals surface area (Å²) in [4.78, 5) is 39.9. The van der Waals surface area contributed by atoms with E-state index in [1.54, 1.807) is 18.2 Å². The van der Waals surface area contributed by atoms with Gasteiger partial charge in [0.2, 0.25) is 0 Å². The van der Waals surface area contributed by atoms with Crippen molar-refractivity contribution >= 4 is 17.9 Å². The number of aliphatic hydroxyl groups is 4. The van der Waals surface area contributed by atoms with Gasteiger partial charge in [-0.25, -0.2) is 9.59 Å². The highest BCUT2D eigenvalue weighted by Crippen LogP contribution is 2.74. The highest BCUT2D eigenvalue weighted by Gasteiger charge is 2.89. The van der Waals surface area contributed by atoms with Gasteiger partial charge >= 0.3 is 17.9 Å². The Morgan fingerprint density at radius 1 is 0.933 bits per heavy atom. The summed E-state index contributed by atoms with van der Waals surface area (Å²) in [6.07, 6.45) is -9.49. The molecule has 15 heteroatoms. The third-order valence-electron chi connectivity index (χ3n) is 9.61. The third kappa shape index (κ3) is 4.45. The summed E-state index contributed by atoms with van der Waals surface area (Å²) in [5.74, 6) is -5.87. The van der Waals surface area contributed by atoms with E-state index in [9.17, 15) is 50.1 Å². The van der Waals surface area contributed by atoms with Gasteiger partial charge in [-0.2, -0.15) is 0 Å². The van der Waals surface area contributed by atoms with E-state index in [1.165, 1.54) is 19.1 Å². The highest BCUT2D eigenvalue weighted by molar-refractivity contribution is 5.92. The van der Waals surface area contributed by atoms with Crippen LogP contribution in [0.3, 0.4) is 0 Å². The second-order valence-electron chi connectivity index (χ2n) is 12.0. The van der Waals surface area contributed by atoms with Crippen LogP contribution in [-0.4, -0.2) is 115 Å². The summed E-state index contributed by atoms with van der Waals surface area (Å²) >= 11 is 0. The van der Waals surface area contributed by atoms with E-state index in [-0.39, 0.29) is 24.0 Å². The summed E-state index contributed by atoms with van der Waals surface area (Å²) in [6, 6.07) is 9.73. The lowest BCUT2D eigenvalue weighted by molar-refractivity contribution is -0.393. The van der Waals surface area contributed by atoms with Gasteiger partial charge in [-0.3, -0.25) is 4.79 Å². The second-order valence-corrected chi connectivity index (χ2v) is 12.0. The Bertz CT molecular complexity index is 1490. The smallest absolute Gasteiger partial charge is 0.338 e. The number of phenols is 3. The number of carbonyl (C=O) groups excluding carboxylic acids is 3. The van der Waals surface area contributed by atoms with Crippen LogP contribution in [-0.2, 0) is 28.5 Å². The van der Waals surface area contributed by atoms with E-state index in [2.05, 4.69) is 0 Å². The van der Waals surface area contributed by atoms with Crippen molar-refractivity contribution in [3.63, 3.8) is 0 Å². The molecule has 4 bridgehead atoms. The van der Waals surface area contributed by atoms with Crippen molar-refractivity contribution < 1.29 is 73.8 Å². The molecule has 2 aromatic carbocycles. The number of aromatic hydroxyl groups is 3. The third-order valence-corrected chi connectivity index (χ3v) is 9.61. The minimum Gasteiger partial charge on any atom is -0.504 e. The van der Waals surface area contributed by atoms with Crippen LogP contribution in [0.4, 0.5) is 0 Å². The second kappa shape index (κ2) is 10.8. The van der Waals surface area contributed by atoms with E-state index in [4.69, 9.17) is 23.7 Å². The van der Waals surface area contributed by atoms with E-state index in [0.717, 1.165) is 12.1 Å². The molecule has 5 aliphatic rings. The minimum atomic E-state index is -1.82. The number of benzene rings is 2. The fraction of sp³-hybridized carbons (Fsp3) is 0.500. The lowest BCUT2D eigenvalue weighted by Gasteiger charge is -2.66. The number of esters is 3. The van der Waals surface area contributed by atoms with Crippen molar-refractivity contribution in [2.75, 3.05) is 13.2 Å². The summed E-state index contributed by atoms with van der Waals surface area (Å²) in [7, 11) is 0. The van der Waals surface area contributed by atoms with Crippen molar-refractivity contribution in [1.29, 1.82) is 0 Å². The molecule has 3 aliphatic carbocycles. The SMILES string of the molecule is C[C@]12C[C@@H](OC(=O)c3cc(O)c(O)c(O)c3)[C@H]3C[C@@]1(O[C@@H]1O[C@H](CO)[C@@H](O)[C@H](O)[C@H]1O)[C@]3(COC(=O)c1ccccc1)C(=O)O2. The Kier molecular flexibility index (Phi) is 7.46. The zero-order valence-corrected chi connectivity index (χ0v) is 23.8. The normalized spacial score (nSPS) is 38.2. The Morgan fingerprint density at radius 2 is 1.60 bits per heavy atom. The van der Waals surface area contributed by atoms with Gasteiger partial charge in [0.1, 0.15) is 53.7 Å². The number of fused-ring (bicyclic) bond motifs is 1. The molecular weight excluding hydrogens is 600 g/mol. The highest BCUT2D eigenvalue weighted by atomic mass is 16.7. The summed E-state index contributed by atoms with van der Waals surface area (Å²) in [6.45, 7) is 0.170. The van der Waals surface area contributed by atoms with Crippen LogP contribution in [0.25, 0.3) is 0 Å². The standard InChI is InChI=1S/C30H32O15/c1-28-10-18(42-25(39)14-7-16(32)20(34)17(33)8-14)15-9-30(28,44-26-23(37)22(36)21(35)19(11-31)43-26)29(15,27(40)45-28)12-41-24(38)13-5-3-2-4-6-13/h2-8,15,18-19,21-23,26,31-37H,9-12H2,1H3/t15-,18-,19-,21-,22+,23-,26+,28+,29+,30+/m1/s1. The molecule has 0 unspecified atom stereocenters. The van der Waals surface area contributed by atoms with Crippen molar-refractivity contribution in [2.24, 2.45) is 11.3 Å². The molecule has 0 aromatic heterocycles. The maximum atomic E-state index is 13.8. The molecule has 0 spiro atoms. The lowest BCUT2D eigenvalue weighted by atomic mass is 9.40. The lowest BCUT2D eigenvalue weighted by Crippen LogP contribution is -2.80. The predicted octanol–water partition coefficient (Wildman–Crippen LogP) is -0.533. The fourth-order valence-corrected chi connectivity index (χ4v) is 7.21. The number of aliphatic hydroxyl groups excluding tert-OH is 4. The molecule has 5 fully saturated rings. The maximum Gasteiger partial charge on any atom is 0.338 e. The first-order chi connectivity index (χ1) is 21.3. The average molecular weight is 633 g/mol. The van der Waals surface area contributed by atoms with Crippen molar-refractivity contribution in [3.05, 3.63) is 53.6 Å². The summed E-state index contributed by atoms with van der Waals surface area (Å²) in [5, 5.41) is 70.5. The Labute approximate surface area is 255 Å². The van der Waals surface area contributed by atoms with Gasteiger partial charge in [-0.05, 0) is 37.6 Å². The largest absolute Gasteiger partial charge is 0.504 e. The molecule has 15 nitrogen and oxygen atoms in total. The van der Waals surface area contributed by atoms with E-state index < -0.39 is 108 Å². The summed E-state index contributed by atoms with van der Waals surface area (Å²) in [5.41, 5.74) is -5.17. The molecule has 10 atom stereocenters. The number of hydrogen-bond donors (Lipinski definition) is 7. The van der Waals surface area contributed by atoms with Crippen LogP contribution in [0.1, 0.15) is 40.5 Å². The van der Waals surface area contributed by atoms with Crippen LogP contribution < -0.4 is 0 Å². The van der Waals surface area contributed by atoms with Gasteiger partial charge in [-0.15, -0.1) is 0 Å². The number of carbonyl (C=O) groups is 3. The zero-order chi connectivity index (χ0) is 32.5. The summed E-state index contributed by atoms with van der Waals surface area (Å²) < 4.78 is 29.1. The quantitative estimate of drug-likeness (QED) is 0.110. The average Bonchev–Trinajstić information content (AvgIpc) is 3.07. The molecule has 2 saturated heterocycles. The van der Waals surface area contributed by atoms with E-state index >= 15 is 0 Å². The van der Waals surface area contributed by atoms with Gasteiger partial charge < -0.3 is 59.4 Å². The molecule has 2 aromatic rings. The predicted molar refractivity (Wildman–Crippen MR) is 145 cm³/mol. The Balaban J connectivity index is 1.34. The van der Waals surface area contributed by atoms with Crippen molar-refractivity contribution in [3.8, 4) is 17.2 Å². The van der Waals surface area contributed by atoms with Gasteiger partial charge in [-0.1, -0.05) is 18.2 Å². The molecule has 242 valence electrons. The first-order valence-electron chi connectivity index (χ1n) is 14.2. The van der Waals surface area contributed by atoms with Crippen LogP contribution in [0.2, 0.25) is 0 Å². The number of hydrogen-bond acceptors (Lipinski definition) is 15. The van der Waals surface area contributed by atoms with Crippen molar-refractivity contribution in [2.45, 2.75) is 67.8 Å². The maximum absolute atomic E-state index is 13.8. The number of ether oxygens (including phenoxy) is 5. The van der Waals surface area contributed by atoms with E-state index in [0.29, 0.717) is 0 Å². The first-order valence-corrected chi connectivity index (χ1v) is 14.2. The fourth-order valence-electron chi connectivity index (χ4n) is 7.21. The van der Waals surface area contributed by atoms with Gasteiger partial charge in [0.05, 0.1) is 17.7 Å². The van der Waals surface area contributed by atoms with Crippen LogP contribution in [0.15, 0.2) is 42.5 Å². The van der Waals surface area contributed by atoms with Crippen LogP contribution in [0, 0.1) is 11.3 Å². The van der Waals surface area contributed by atoms with E-state index in [1.807, 2.05) is 0 Å². The zero-order valence-electron chi connectivity index (χ0n) is 23.8. The van der Waals surface area contributed by atoms with Gasteiger partial charge in [0.25, 0.3) is 0 Å². The molecule has 2 aliphatic heterocycles.